The van der Waals surface area contributed by atoms with Crippen molar-refractivity contribution in [2.75, 3.05) is 44.7 Å². The van der Waals surface area contributed by atoms with Crippen molar-refractivity contribution in [1.82, 2.24) is 15.5 Å². The fourth-order valence-electron chi connectivity index (χ4n) is 3.73. The zero-order valence-electron chi connectivity index (χ0n) is 16.4. The van der Waals surface area contributed by atoms with Gasteiger partial charge in [0.05, 0.1) is 0 Å². The summed E-state index contributed by atoms with van der Waals surface area (Å²) in [5.41, 5.74) is 2.18. The summed E-state index contributed by atoms with van der Waals surface area (Å²) in [6.45, 7) is 8.27. The fraction of sp³-hybridized carbons (Fsp3) is 0.600. The van der Waals surface area contributed by atoms with E-state index < -0.39 is 0 Å². The molecule has 0 spiro atoms. The maximum Gasteiger partial charge on any atom is 0.227 e. The summed E-state index contributed by atoms with van der Waals surface area (Å²) in [6, 6.07) is 8.23. The zero-order chi connectivity index (χ0) is 18.4. The molecule has 2 aliphatic rings. The lowest BCUT2D eigenvalue weighted by atomic mass is 10.1. The highest BCUT2D eigenvalue weighted by molar-refractivity contribution is 14.0. The smallest absolute Gasteiger partial charge is 0.227 e. The molecule has 2 saturated heterocycles. The molecule has 1 aromatic carbocycles. The maximum atomic E-state index is 11.8. The Morgan fingerprint density at radius 3 is 2.59 bits per heavy atom. The van der Waals surface area contributed by atoms with Crippen LogP contribution < -0.4 is 15.5 Å². The van der Waals surface area contributed by atoms with Crippen LogP contribution in [0.2, 0.25) is 0 Å². The lowest BCUT2D eigenvalue weighted by molar-refractivity contribution is -0.117. The molecule has 2 fully saturated rings. The van der Waals surface area contributed by atoms with Gasteiger partial charge >= 0.3 is 0 Å². The fourth-order valence-corrected chi connectivity index (χ4v) is 3.73. The minimum absolute atomic E-state index is 0. The highest BCUT2D eigenvalue weighted by atomic mass is 127. The van der Waals surface area contributed by atoms with Crippen molar-refractivity contribution in [2.24, 2.45) is 10.9 Å². The van der Waals surface area contributed by atoms with Gasteiger partial charge < -0.3 is 20.4 Å². The summed E-state index contributed by atoms with van der Waals surface area (Å²) in [7, 11) is 1.81. The quantitative estimate of drug-likeness (QED) is 0.369. The van der Waals surface area contributed by atoms with Gasteiger partial charge in [-0.2, -0.15) is 0 Å². The van der Waals surface area contributed by atoms with Crippen molar-refractivity contribution in [3.05, 3.63) is 29.8 Å². The lowest BCUT2D eigenvalue weighted by Crippen LogP contribution is -2.39. The standard InChI is InChI=1S/C20H31N5O.HI/c1-3-24-12-10-17(15-24)14-23-20(21-2)22-13-16-6-8-18(9-7-16)25-11-4-5-19(25)26;/h6-9,17H,3-5,10-15H2,1-2H3,(H2,21,22,23);1H. The number of benzene rings is 1. The van der Waals surface area contributed by atoms with Crippen molar-refractivity contribution in [3.8, 4) is 0 Å². The first-order valence-electron chi connectivity index (χ1n) is 9.75. The van der Waals surface area contributed by atoms with E-state index in [1.165, 1.54) is 25.1 Å². The summed E-state index contributed by atoms with van der Waals surface area (Å²) < 4.78 is 0. The number of carbonyl (C=O) groups is 1. The Hall–Kier alpha value is -1.35. The van der Waals surface area contributed by atoms with E-state index >= 15 is 0 Å². The van der Waals surface area contributed by atoms with Crippen LogP contribution in [-0.4, -0.2) is 56.5 Å². The van der Waals surface area contributed by atoms with Gasteiger partial charge in [-0.1, -0.05) is 19.1 Å². The van der Waals surface area contributed by atoms with Gasteiger partial charge in [0.2, 0.25) is 5.91 Å². The Labute approximate surface area is 179 Å². The zero-order valence-corrected chi connectivity index (χ0v) is 18.7. The minimum Gasteiger partial charge on any atom is -0.356 e. The van der Waals surface area contributed by atoms with Gasteiger partial charge in [0, 0.05) is 45.3 Å². The molecule has 0 bridgehead atoms. The van der Waals surface area contributed by atoms with Gasteiger partial charge in [-0.3, -0.25) is 9.79 Å². The SMILES string of the molecule is CCN1CCC(CNC(=NC)NCc2ccc(N3CCCC3=O)cc2)C1.I. The number of hydrogen-bond donors (Lipinski definition) is 2. The molecular formula is C20H32IN5O. The first-order valence-corrected chi connectivity index (χ1v) is 9.75. The molecule has 1 amide bonds. The average molecular weight is 485 g/mol. The second kappa shape index (κ2) is 10.8. The molecule has 1 atom stereocenters. The third-order valence-electron chi connectivity index (χ3n) is 5.38. The molecule has 150 valence electrons. The Morgan fingerprint density at radius 2 is 2.00 bits per heavy atom. The van der Waals surface area contributed by atoms with Crippen LogP contribution in [0.4, 0.5) is 5.69 Å². The molecule has 0 aromatic heterocycles. The Bertz CT molecular complexity index is 634. The van der Waals surface area contributed by atoms with Crippen molar-refractivity contribution < 1.29 is 4.79 Å². The van der Waals surface area contributed by atoms with E-state index in [2.05, 4.69) is 39.6 Å². The number of hydrogen-bond acceptors (Lipinski definition) is 3. The number of carbonyl (C=O) groups excluding carboxylic acids is 1. The van der Waals surface area contributed by atoms with Crippen LogP contribution in [0.3, 0.4) is 0 Å². The molecule has 0 radical (unpaired) electrons. The van der Waals surface area contributed by atoms with Gasteiger partial charge in [0.15, 0.2) is 5.96 Å². The highest BCUT2D eigenvalue weighted by Gasteiger charge is 2.22. The predicted octanol–water partition coefficient (Wildman–Crippen LogP) is 2.44. The Balaban J connectivity index is 0.00000261. The van der Waals surface area contributed by atoms with Crippen molar-refractivity contribution in [3.63, 3.8) is 0 Å². The van der Waals surface area contributed by atoms with Crippen molar-refractivity contribution >= 4 is 41.5 Å². The molecule has 2 N–H and O–H groups in total. The molecule has 0 saturated carbocycles. The first kappa shape index (κ1) is 21.9. The van der Waals surface area contributed by atoms with Crippen LogP contribution >= 0.6 is 24.0 Å². The second-order valence-electron chi connectivity index (χ2n) is 7.17. The van der Waals surface area contributed by atoms with Crippen molar-refractivity contribution in [1.29, 1.82) is 0 Å². The highest BCUT2D eigenvalue weighted by Crippen LogP contribution is 2.21. The predicted molar refractivity (Wildman–Crippen MR) is 122 cm³/mol. The number of aliphatic imine (C=N–C) groups is 1. The van der Waals surface area contributed by atoms with Crippen LogP contribution in [0.15, 0.2) is 29.3 Å². The summed E-state index contributed by atoms with van der Waals surface area (Å²) >= 11 is 0. The molecule has 2 heterocycles. The maximum absolute atomic E-state index is 11.8. The number of nitrogens with one attached hydrogen (secondary N) is 2. The Morgan fingerprint density at radius 1 is 1.22 bits per heavy atom. The monoisotopic (exact) mass is 485 g/mol. The van der Waals surface area contributed by atoms with Gasteiger partial charge in [0.25, 0.3) is 0 Å². The van der Waals surface area contributed by atoms with Gasteiger partial charge in [-0.25, -0.2) is 0 Å². The summed E-state index contributed by atoms with van der Waals surface area (Å²) in [4.78, 5) is 20.5. The number of anilines is 1. The van der Waals surface area contributed by atoms with Crippen LogP contribution in [-0.2, 0) is 11.3 Å². The first-order chi connectivity index (χ1) is 12.7. The molecular weight excluding hydrogens is 453 g/mol. The van der Waals surface area contributed by atoms with Crippen LogP contribution in [0.25, 0.3) is 0 Å². The van der Waals surface area contributed by atoms with Crippen LogP contribution in [0.5, 0.6) is 0 Å². The molecule has 6 nitrogen and oxygen atoms in total. The lowest BCUT2D eigenvalue weighted by Gasteiger charge is -2.17. The van der Waals surface area contributed by atoms with Gasteiger partial charge in [-0.05, 0) is 49.5 Å². The summed E-state index contributed by atoms with van der Waals surface area (Å²) in [5.74, 6) is 1.78. The number of guanidine groups is 1. The summed E-state index contributed by atoms with van der Waals surface area (Å²) in [5, 5.41) is 6.82. The molecule has 1 aromatic rings. The number of likely N-dealkylation sites (tertiary alicyclic amines) is 1. The third-order valence-corrected chi connectivity index (χ3v) is 5.38. The van der Waals surface area contributed by atoms with E-state index in [0.29, 0.717) is 12.3 Å². The average Bonchev–Trinajstić information content (AvgIpc) is 3.31. The normalized spacial score (nSPS) is 20.7. The number of amides is 1. The molecule has 7 heteroatoms. The third kappa shape index (κ3) is 6.07. The van der Waals surface area contributed by atoms with Crippen molar-refractivity contribution in [2.45, 2.75) is 32.7 Å². The largest absolute Gasteiger partial charge is 0.356 e. The van der Waals surface area contributed by atoms with E-state index in [-0.39, 0.29) is 29.9 Å². The van der Waals surface area contributed by atoms with Crippen LogP contribution in [0.1, 0.15) is 31.7 Å². The van der Waals surface area contributed by atoms with Gasteiger partial charge in [0.1, 0.15) is 0 Å². The minimum atomic E-state index is 0. The Kier molecular flexibility index (Phi) is 8.82. The van der Waals surface area contributed by atoms with E-state index in [1.807, 2.05) is 24.1 Å². The number of rotatable bonds is 6. The second-order valence-corrected chi connectivity index (χ2v) is 7.17. The van der Waals surface area contributed by atoms with E-state index in [0.717, 1.165) is 44.2 Å². The molecule has 2 aliphatic heterocycles. The van der Waals surface area contributed by atoms with E-state index in [9.17, 15) is 4.79 Å². The van der Waals surface area contributed by atoms with Crippen LogP contribution in [0, 0.1) is 5.92 Å². The topological polar surface area (TPSA) is 60.0 Å². The van der Waals surface area contributed by atoms with E-state index in [1.54, 1.807) is 0 Å². The van der Waals surface area contributed by atoms with Gasteiger partial charge in [-0.15, -0.1) is 24.0 Å². The molecule has 1 unspecified atom stereocenters. The number of halogens is 1. The molecule has 0 aliphatic carbocycles. The van der Waals surface area contributed by atoms with E-state index in [4.69, 9.17) is 0 Å². The number of nitrogens with zero attached hydrogens (tertiary/aromatic N) is 3. The molecule has 27 heavy (non-hydrogen) atoms. The molecule has 3 rings (SSSR count). The summed E-state index contributed by atoms with van der Waals surface area (Å²) in [6.07, 6.45) is 2.89.